The minimum atomic E-state index is -0.275. The summed E-state index contributed by atoms with van der Waals surface area (Å²) in [5.74, 6) is 1.15. The summed E-state index contributed by atoms with van der Waals surface area (Å²) >= 11 is 0. The quantitative estimate of drug-likeness (QED) is 0.830. The maximum absolute atomic E-state index is 13.0. The van der Waals surface area contributed by atoms with Crippen LogP contribution in [-0.2, 0) is 0 Å². The molecule has 1 saturated heterocycles. The molecule has 0 radical (unpaired) electrons. The SMILES string of the molecule is OCCCCN1CCCC(c2nc(-c3ccc(F)cc3)no2)C1. The molecule has 0 aliphatic carbocycles. The van der Waals surface area contributed by atoms with E-state index in [1.807, 2.05) is 0 Å². The predicted octanol–water partition coefficient (Wildman–Crippen LogP) is 2.83. The molecule has 23 heavy (non-hydrogen) atoms. The highest BCUT2D eigenvalue weighted by atomic mass is 19.1. The van der Waals surface area contributed by atoms with Crippen LogP contribution in [0.1, 0.15) is 37.5 Å². The molecule has 1 aliphatic rings. The Bertz CT molecular complexity index is 615. The first-order chi connectivity index (χ1) is 11.3. The number of rotatable bonds is 6. The predicted molar refractivity (Wildman–Crippen MR) is 84.4 cm³/mol. The van der Waals surface area contributed by atoms with E-state index < -0.39 is 0 Å². The van der Waals surface area contributed by atoms with Gasteiger partial charge in [-0.15, -0.1) is 0 Å². The lowest BCUT2D eigenvalue weighted by atomic mass is 9.97. The van der Waals surface area contributed by atoms with Gasteiger partial charge in [-0.1, -0.05) is 5.16 Å². The molecule has 5 nitrogen and oxygen atoms in total. The highest BCUT2D eigenvalue weighted by molar-refractivity contribution is 5.53. The van der Waals surface area contributed by atoms with Crippen LogP contribution in [0, 0.1) is 5.82 Å². The molecule has 0 saturated carbocycles. The molecule has 3 rings (SSSR count). The molecule has 1 N–H and O–H groups in total. The summed E-state index contributed by atoms with van der Waals surface area (Å²) in [6.45, 7) is 3.25. The number of hydrogen-bond acceptors (Lipinski definition) is 5. The van der Waals surface area contributed by atoms with Crippen LogP contribution in [0.2, 0.25) is 0 Å². The van der Waals surface area contributed by atoms with Crippen molar-refractivity contribution in [1.29, 1.82) is 0 Å². The summed E-state index contributed by atoms with van der Waals surface area (Å²) in [5.41, 5.74) is 0.761. The minimum absolute atomic E-state index is 0.250. The van der Waals surface area contributed by atoms with Gasteiger partial charge in [0.15, 0.2) is 0 Å². The molecule has 0 bridgehead atoms. The number of piperidine rings is 1. The van der Waals surface area contributed by atoms with E-state index >= 15 is 0 Å². The molecule has 1 aromatic heterocycles. The van der Waals surface area contributed by atoms with Crippen LogP contribution in [0.3, 0.4) is 0 Å². The number of nitrogens with zero attached hydrogens (tertiary/aromatic N) is 3. The maximum atomic E-state index is 13.0. The monoisotopic (exact) mass is 319 g/mol. The zero-order valence-electron chi connectivity index (χ0n) is 13.1. The molecule has 1 unspecified atom stereocenters. The van der Waals surface area contributed by atoms with Gasteiger partial charge in [-0.3, -0.25) is 0 Å². The molecule has 6 heteroatoms. The van der Waals surface area contributed by atoms with E-state index in [4.69, 9.17) is 9.63 Å². The number of halogens is 1. The van der Waals surface area contributed by atoms with E-state index in [9.17, 15) is 4.39 Å². The van der Waals surface area contributed by atoms with Crippen molar-refractivity contribution in [2.75, 3.05) is 26.2 Å². The normalized spacial score (nSPS) is 19.1. The highest BCUT2D eigenvalue weighted by Gasteiger charge is 2.25. The third-order valence-corrected chi connectivity index (χ3v) is 4.28. The van der Waals surface area contributed by atoms with Crippen molar-refractivity contribution < 1.29 is 14.0 Å². The minimum Gasteiger partial charge on any atom is -0.396 e. The zero-order valence-corrected chi connectivity index (χ0v) is 13.1. The largest absolute Gasteiger partial charge is 0.396 e. The highest BCUT2D eigenvalue weighted by Crippen LogP contribution is 2.27. The van der Waals surface area contributed by atoms with Crippen molar-refractivity contribution in [2.24, 2.45) is 0 Å². The summed E-state index contributed by atoms with van der Waals surface area (Å²) in [6, 6.07) is 6.11. The van der Waals surface area contributed by atoms with Gasteiger partial charge >= 0.3 is 0 Å². The fourth-order valence-corrected chi connectivity index (χ4v) is 3.02. The van der Waals surface area contributed by atoms with E-state index in [0.717, 1.165) is 50.9 Å². The van der Waals surface area contributed by atoms with Crippen LogP contribution in [0.15, 0.2) is 28.8 Å². The van der Waals surface area contributed by atoms with Gasteiger partial charge in [0.05, 0.1) is 5.92 Å². The molecular formula is C17H22FN3O2. The molecule has 0 amide bonds. The lowest BCUT2D eigenvalue weighted by molar-refractivity contribution is 0.178. The first-order valence-electron chi connectivity index (χ1n) is 8.19. The Kier molecular flexibility index (Phi) is 5.35. The Labute approximate surface area is 135 Å². The lowest BCUT2D eigenvalue weighted by Gasteiger charge is -2.30. The smallest absolute Gasteiger partial charge is 0.231 e. The first kappa shape index (κ1) is 16.1. The van der Waals surface area contributed by atoms with Crippen molar-refractivity contribution in [2.45, 2.75) is 31.6 Å². The molecule has 1 aliphatic heterocycles. The second-order valence-corrected chi connectivity index (χ2v) is 6.03. The lowest BCUT2D eigenvalue weighted by Crippen LogP contribution is -2.35. The van der Waals surface area contributed by atoms with Gasteiger partial charge in [0.25, 0.3) is 0 Å². The maximum Gasteiger partial charge on any atom is 0.231 e. The molecule has 2 heterocycles. The van der Waals surface area contributed by atoms with Gasteiger partial charge in [0, 0.05) is 18.7 Å². The molecule has 0 spiro atoms. The average Bonchev–Trinajstić information content (AvgIpc) is 3.06. The van der Waals surface area contributed by atoms with E-state index in [1.165, 1.54) is 12.1 Å². The summed E-state index contributed by atoms with van der Waals surface area (Å²) in [6.07, 6.45) is 4.00. The summed E-state index contributed by atoms with van der Waals surface area (Å²) in [7, 11) is 0. The molecule has 1 fully saturated rings. The van der Waals surface area contributed by atoms with E-state index in [1.54, 1.807) is 12.1 Å². The number of benzene rings is 1. The fraction of sp³-hybridized carbons (Fsp3) is 0.529. The van der Waals surface area contributed by atoms with E-state index in [-0.39, 0.29) is 18.3 Å². The van der Waals surface area contributed by atoms with E-state index in [2.05, 4.69) is 15.0 Å². The molecular weight excluding hydrogens is 297 g/mol. The Morgan fingerprint density at radius 1 is 1.26 bits per heavy atom. The molecule has 124 valence electrons. The van der Waals surface area contributed by atoms with Crippen LogP contribution in [0.25, 0.3) is 11.4 Å². The van der Waals surface area contributed by atoms with Gasteiger partial charge < -0.3 is 14.5 Å². The van der Waals surface area contributed by atoms with Crippen molar-refractivity contribution >= 4 is 0 Å². The average molecular weight is 319 g/mol. The van der Waals surface area contributed by atoms with Gasteiger partial charge in [-0.05, 0) is 63.0 Å². The molecule has 2 aromatic rings. The number of likely N-dealkylation sites (tertiary alicyclic amines) is 1. The topological polar surface area (TPSA) is 62.4 Å². The summed E-state index contributed by atoms with van der Waals surface area (Å²) in [4.78, 5) is 6.89. The number of aliphatic hydroxyl groups is 1. The third kappa shape index (κ3) is 4.14. The standard InChI is InChI=1S/C17H22FN3O2/c18-15-7-5-13(6-8-15)16-19-17(23-20-16)14-4-3-10-21(12-14)9-1-2-11-22/h5-8,14,22H,1-4,9-12H2. The first-order valence-corrected chi connectivity index (χ1v) is 8.19. The van der Waals surface area contributed by atoms with Crippen molar-refractivity contribution in [1.82, 2.24) is 15.0 Å². The fourth-order valence-electron chi connectivity index (χ4n) is 3.02. The Balaban J connectivity index is 1.64. The summed E-state index contributed by atoms with van der Waals surface area (Å²) < 4.78 is 18.4. The van der Waals surface area contributed by atoms with Gasteiger partial charge in [0.2, 0.25) is 11.7 Å². The van der Waals surface area contributed by atoms with Crippen molar-refractivity contribution in [3.05, 3.63) is 36.0 Å². The molecule has 1 aromatic carbocycles. The number of hydrogen-bond donors (Lipinski definition) is 1. The second kappa shape index (κ2) is 7.66. The van der Waals surface area contributed by atoms with Crippen LogP contribution in [-0.4, -0.2) is 46.4 Å². The van der Waals surface area contributed by atoms with Crippen molar-refractivity contribution in [3.8, 4) is 11.4 Å². The second-order valence-electron chi connectivity index (χ2n) is 6.03. The van der Waals surface area contributed by atoms with Gasteiger partial charge in [-0.25, -0.2) is 4.39 Å². The van der Waals surface area contributed by atoms with Crippen molar-refractivity contribution in [3.63, 3.8) is 0 Å². The van der Waals surface area contributed by atoms with E-state index in [0.29, 0.717) is 11.7 Å². The number of aromatic nitrogens is 2. The third-order valence-electron chi connectivity index (χ3n) is 4.28. The Morgan fingerprint density at radius 2 is 2.09 bits per heavy atom. The van der Waals surface area contributed by atoms with Crippen LogP contribution >= 0.6 is 0 Å². The summed E-state index contributed by atoms with van der Waals surface area (Å²) in [5, 5.41) is 12.9. The Hall–Kier alpha value is -1.79. The number of aliphatic hydroxyl groups excluding tert-OH is 1. The Morgan fingerprint density at radius 3 is 2.87 bits per heavy atom. The van der Waals surface area contributed by atoms with Gasteiger partial charge in [-0.2, -0.15) is 4.98 Å². The van der Waals surface area contributed by atoms with Gasteiger partial charge in [0.1, 0.15) is 5.82 Å². The van der Waals surface area contributed by atoms with Crippen LogP contribution < -0.4 is 0 Å². The number of unbranched alkanes of at least 4 members (excludes halogenated alkanes) is 1. The van der Waals surface area contributed by atoms with Crippen LogP contribution in [0.5, 0.6) is 0 Å². The molecule has 1 atom stereocenters. The zero-order chi connectivity index (χ0) is 16.1. The van der Waals surface area contributed by atoms with Crippen LogP contribution in [0.4, 0.5) is 4.39 Å².